The van der Waals surface area contributed by atoms with Crippen molar-refractivity contribution >= 4 is 11.8 Å². The second kappa shape index (κ2) is 4.80. The van der Waals surface area contributed by atoms with E-state index in [0.717, 1.165) is 0 Å². The molecule has 2 aromatic rings. The summed E-state index contributed by atoms with van der Waals surface area (Å²) in [6.45, 7) is 0.568. The van der Waals surface area contributed by atoms with Gasteiger partial charge in [0.2, 0.25) is 0 Å². The smallest absolute Gasteiger partial charge is 0.414 e. The summed E-state index contributed by atoms with van der Waals surface area (Å²) in [6.07, 6.45) is 0.995. The molecule has 1 amide bonds. The molecule has 1 fully saturated rings. The highest BCUT2D eigenvalue weighted by atomic mass is 19.1. The van der Waals surface area contributed by atoms with E-state index in [-0.39, 0.29) is 17.9 Å². The minimum atomic E-state index is -0.572. The molecule has 3 rings (SSSR count). The molecule has 5 nitrogen and oxygen atoms in total. The topological polar surface area (TPSA) is 51.5 Å². The first kappa shape index (κ1) is 12.4. The zero-order valence-electron chi connectivity index (χ0n) is 10.5. The lowest BCUT2D eigenvalue weighted by molar-refractivity contribution is 0.181. The van der Waals surface area contributed by atoms with Crippen molar-refractivity contribution in [1.29, 1.82) is 0 Å². The van der Waals surface area contributed by atoms with E-state index < -0.39 is 11.9 Å². The number of nitrogens with zero attached hydrogens (tertiary/aromatic N) is 2. The third-order valence-electron chi connectivity index (χ3n) is 3.08. The van der Waals surface area contributed by atoms with Crippen molar-refractivity contribution in [2.24, 2.45) is 0 Å². The normalized spacial score (nSPS) is 14.4. The summed E-state index contributed by atoms with van der Waals surface area (Å²) in [7, 11) is 0. The SMILES string of the molecule is O=C1OCCN1c1ccc(-n2ccccc2=O)cc1F. The van der Waals surface area contributed by atoms with E-state index in [1.807, 2.05) is 0 Å². The molecule has 2 heterocycles. The van der Waals surface area contributed by atoms with Crippen molar-refractivity contribution in [1.82, 2.24) is 4.57 Å². The number of amides is 1. The van der Waals surface area contributed by atoms with Gasteiger partial charge >= 0.3 is 6.09 Å². The van der Waals surface area contributed by atoms with Crippen LogP contribution in [-0.4, -0.2) is 23.8 Å². The van der Waals surface area contributed by atoms with E-state index in [1.165, 1.54) is 27.7 Å². The van der Waals surface area contributed by atoms with Crippen molar-refractivity contribution in [3.63, 3.8) is 0 Å². The van der Waals surface area contributed by atoms with Crippen LogP contribution in [0.2, 0.25) is 0 Å². The highest BCUT2D eigenvalue weighted by Gasteiger charge is 2.26. The maximum absolute atomic E-state index is 14.1. The average molecular weight is 274 g/mol. The van der Waals surface area contributed by atoms with Crippen molar-refractivity contribution in [2.75, 3.05) is 18.1 Å². The molecule has 1 aromatic heterocycles. The van der Waals surface area contributed by atoms with Crippen LogP contribution in [0, 0.1) is 5.82 Å². The summed E-state index contributed by atoms with van der Waals surface area (Å²) >= 11 is 0. The van der Waals surface area contributed by atoms with Crippen LogP contribution >= 0.6 is 0 Å². The second-order valence-corrected chi connectivity index (χ2v) is 4.31. The Bertz CT molecular complexity index is 726. The third-order valence-corrected chi connectivity index (χ3v) is 3.08. The standard InChI is InChI=1S/C14H11FN2O3/c15-11-9-10(16-6-2-1-3-13(16)18)4-5-12(11)17-7-8-20-14(17)19/h1-6,9H,7-8H2. The van der Waals surface area contributed by atoms with E-state index >= 15 is 0 Å². The lowest BCUT2D eigenvalue weighted by atomic mass is 10.2. The Morgan fingerprint density at radius 1 is 1.15 bits per heavy atom. The van der Waals surface area contributed by atoms with E-state index in [1.54, 1.807) is 24.4 Å². The second-order valence-electron chi connectivity index (χ2n) is 4.31. The van der Waals surface area contributed by atoms with Crippen LogP contribution < -0.4 is 10.5 Å². The van der Waals surface area contributed by atoms with E-state index in [9.17, 15) is 14.0 Å². The molecule has 1 aliphatic heterocycles. The Labute approximate surface area is 113 Å². The fraction of sp³-hybridized carbons (Fsp3) is 0.143. The molecule has 0 atom stereocenters. The van der Waals surface area contributed by atoms with Gasteiger partial charge in [0, 0.05) is 18.3 Å². The lowest BCUT2D eigenvalue weighted by Crippen LogP contribution is -2.24. The Hall–Kier alpha value is -2.63. The van der Waals surface area contributed by atoms with Crippen LogP contribution in [0.3, 0.4) is 0 Å². The summed E-state index contributed by atoms with van der Waals surface area (Å²) in [5, 5.41) is 0. The number of carbonyl (C=O) groups excluding carboxylic acids is 1. The molecule has 1 aliphatic rings. The van der Waals surface area contributed by atoms with Crippen LogP contribution in [0.4, 0.5) is 14.9 Å². The summed E-state index contributed by atoms with van der Waals surface area (Å²) < 4.78 is 20.2. The van der Waals surface area contributed by atoms with Crippen LogP contribution in [0.1, 0.15) is 0 Å². The molecule has 0 radical (unpaired) electrons. The van der Waals surface area contributed by atoms with Gasteiger partial charge in [0.1, 0.15) is 12.4 Å². The quantitative estimate of drug-likeness (QED) is 0.840. The largest absolute Gasteiger partial charge is 0.447 e. The number of halogens is 1. The van der Waals surface area contributed by atoms with Gasteiger partial charge in [-0.2, -0.15) is 0 Å². The Kier molecular flexibility index (Phi) is 2.98. The van der Waals surface area contributed by atoms with Crippen LogP contribution in [-0.2, 0) is 4.74 Å². The zero-order valence-corrected chi connectivity index (χ0v) is 10.5. The number of aromatic nitrogens is 1. The highest BCUT2D eigenvalue weighted by molar-refractivity contribution is 5.89. The minimum Gasteiger partial charge on any atom is -0.447 e. The number of hydrogen-bond acceptors (Lipinski definition) is 3. The number of anilines is 1. The van der Waals surface area contributed by atoms with Gasteiger partial charge in [-0.05, 0) is 18.2 Å². The first-order valence-electron chi connectivity index (χ1n) is 6.09. The van der Waals surface area contributed by atoms with E-state index in [0.29, 0.717) is 12.2 Å². The number of cyclic esters (lactones) is 1. The predicted molar refractivity (Wildman–Crippen MR) is 70.7 cm³/mol. The van der Waals surface area contributed by atoms with Gasteiger partial charge in [0.05, 0.1) is 17.9 Å². The maximum atomic E-state index is 14.1. The maximum Gasteiger partial charge on any atom is 0.414 e. The Balaban J connectivity index is 2.02. The van der Waals surface area contributed by atoms with Crippen LogP contribution in [0.5, 0.6) is 0 Å². The van der Waals surface area contributed by atoms with Gasteiger partial charge in [0.15, 0.2) is 0 Å². The van der Waals surface area contributed by atoms with Crippen LogP contribution in [0.15, 0.2) is 47.4 Å². The van der Waals surface area contributed by atoms with Gasteiger partial charge in [0.25, 0.3) is 5.56 Å². The monoisotopic (exact) mass is 274 g/mol. The van der Waals surface area contributed by atoms with Crippen molar-refractivity contribution < 1.29 is 13.9 Å². The molecule has 1 saturated heterocycles. The Morgan fingerprint density at radius 2 is 2.00 bits per heavy atom. The summed E-state index contributed by atoms with van der Waals surface area (Å²) in [5.74, 6) is -0.572. The van der Waals surface area contributed by atoms with Crippen LogP contribution in [0.25, 0.3) is 5.69 Å². The number of pyridine rings is 1. The molecular weight excluding hydrogens is 263 g/mol. The van der Waals surface area contributed by atoms with E-state index in [4.69, 9.17) is 4.74 Å². The fourth-order valence-corrected chi connectivity index (χ4v) is 2.12. The molecule has 0 unspecified atom stereocenters. The summed E-state index contributed by atoms with van der Waals surface area (Å²) in [6, 6.07) is 8.98. The highest BCUT2D eigenvalue weighted by Crippen LogP contribution is 2.24. The number of rotatable bonds is 2. The molecule has 20 heavy (non-hydrogen) atoms. The number of hydrogen-bond donors (Lipinski definition) is 0. The molecule has 0 saturated carbocycles. The summed E-state index contributed by atoms with van der Waals surface area (Å²) in [5.41, 5.74) is 0.310. The number of ether oxygens (including phenoxy) is 1. The molecule has 0 N–H and O–H groups in total. The van der Waals surface area contributed by atoms with Crippen molar-refractivity contribution in [3.05, 3.63) is 58.8 Å². The van der Waals surface area contributed by atoms with E-state index in [2.05, 4.69) is 0 Å². The third kappa shape index (κ3) is 2.05. The zero-order chi connectivity index (χ0) is 14.1. The number of carbonyl (C=O) groups is 1. The summed E-state index contributed by atoms with van der Waals surface area (Å²) in [4.78, 5) is 24.3. The molecular formula is C14H11FN2O3. The minimum absolute atomic E-state index is 0.153. The predicted octanol–water partition coefficient (Wildman–Crippen LogP) is 1.93. The molecule has 102 valence electrons. The first-order valence-corrected chi connectivity index (χ1v) is 6.09. The van der Waals surface area contributed by atoms with Crippen molar-refractivity contribution in [2.45, 2.75) is 0 Å². The molecule has 0 aliphatic carbocycles. The lowest BCUT2D eigenvalue weighted by Gasteiger charge is -2.14. The van der Waals surface area contributed by atoms with Gasteiger partial charge in [-0.3, -0.25) is 14.3 Å². The fourth-order valence-electron chi connectivity index (χ4n) is 2.12. The molecule has 6 heteroatoms. The molecule has 0 bridgehead atoms. The average Bonchev–Trinajstić information content (AvgIpc) is 2.85. The van der Waals surface area contributed by atoms with Gasteiger partial charge < -0.3 is 4.74 Å². The van der Waals surface area contributed by atoms with Crippen molar-refractivity contribution in [3.8, 4) is 5.69 Å². The Morgan fingerprint density at radius 3 is 2.65 bits per heavy atom. The number of benzene rings is 1. The van der Waals surface area contributed by atoms with Gasteiger partial charge in [-0.15, -0.1) is 0 Å². The van der Waals surface area contributed by atoms with Gasteiger partial charge in [-0.25, -0.2) is 9.18 Å². The van der Waals surface area contributed by atoms with Gasteiger partial charge in [-0.1, -0.05) is 6.07 Å². The first-order chi connectivity index (χ1) is 9.66. The molecule has 0 spiro atoms. The molecule has 1 aromatic carbocycles.